The minimum Gasteiger partial charge on any atom is -0.494 e. The Balaban J connectivity index is 1.76. The molecule has 0 heterocycles. The molecule has 3 rings (SSSR count). The number of sulfonamides is 1. The zero-order chi connectivity index (χ0) is 27.4. The van der Waals surface area contributed by atoms with Crippen LogP contribution in [0.3, 0.4) is 0 Å². The van der Waals surface area contributed by atoms with Crippen LogP contribution in [0.4, 0.5) is 5.69 Å². The highest BCUT2D eigenvalue weighted by molar-refractivity contribution is 7.92. The molecule has 0 aliphatic carbocycles. The second-order valence-electron chi connectivity index (χ2n) is 7.78. The van der Waals surface area contributed by atoms with E-state index in [0.717, 1.165) is 4.31 Å². The van der Waals surface area contributed by atoms with E-state index in [1.807, 2.05) is 13.8 Å². The number of hydrogen-bond acceptors (Lipinski definition) is 7. The number of benzene rings is 3. The Morgan fingerprint density at radius 3 is 2.32 bits per heavy atom. The molecule has 0 spiro atoms. The summed E-state index contributed by atoms with van der Waals surface area (Å²) in [7, 11) is -4.05. The van der Waals surface area contributed by atoms with Gasteiger partial charge in [0, 0.05) is 0 Å². The van der Waals surface area contributed by atoms with Gasteiger partial charge in [0.15, 0.2) is 11.5 Å². The molecule has 3 aromatic carbocycles. The fourth-order valence-corrected chi connectivity index (χ4v) is 4.82. The summed E-state index contributed by atoms with van der Waals surface area (Å²) >= 11 is 0. The van der Waals surface area contributed by atoms with Crippen molar-refractivity contribution < 1.29 is 27.4 Å². The fraction of sp³-hybridized carbons (Fsp3) is 0.214. The number of ether oxygens (including phenoxy) is 3. The van der Waals surface area contributed by atoms with Gasteiger partial charge in [-0.25, -0.2) is 13.8 Å². The molecule has 3 aromatic rings. The fourth-order valence-electron chi connectivity index (χ4n) is 3.40. The SMILES string of the molecule is C=CCOc1ccc(/C=N\NC(=O)CN(c2ccccc2)S(=O)(=O)c2ccc(OCC)cc2)cc1OCC. The summed E-state index contributed by atoms with van der Waals surface area (Å²) in [5.41, 5.74) is 3.40. The number of para-hydroxylation sites is 1. The highest BCUT2D eigenvalue weighted by atomic mass is 32.2. The zero-order valence-electron chi connectivity index (χ0n) is 21.4. The Labute approximate surface area is 223 Å². The zero-order valence-corrected chi connectivity index (χ0v) is 22.2. The number of hydrazone groups is 1. The lowest BCUT2D eigenvalue weighted by Crippen LogP contribution is -2.39. The molecule has 1 N–H and O–H groups in total. The Bertz CT molecular complexity index is 1340. The monoisotopic (exact) mass is 537 g/mol. The molecular weight excluding hydrogens is 506 g/mol. The number of nitrogens with one attached hydrogen (secondary N) is 1. The molecule has 0 radical (unpaired) electrons. The molecule has 0 saturated heterocycles. The van der Waals surface area contributed by atoms with Crippen molar-refractivity contribution in [1.82, 2.24) is 5.43 Å². The summed E-state index contributed by atoms with van der Waals surface area (Å²) < 4.78 is 44.6. The van der Waals surface area contributed by atoms with Gasteiger partial charge in [-0.05, 0) is 74.0 Å². The van der Waals surface area contributed by atoms with Gasteiger partial charge in [0.2, 0.25) is 0 Å². The Morgan fingerprint density at radius 2 is 1.66 bits per heavy atom. The largest absolute Gasteiger partial charge is 0.494 e. The Morgan fingerprint density at radius 1 is 0.947 bits per heavy atom. The van der Waals surface area contributed by atoms with Gasteiger partial charge < -0.3 is 14.2 Å². The van der Waals surface area contributed by atoms with Crippen LogP contribution in [0.2, 0.25) is 0 Å². The second kappa shape index (κ2) is 13.8. The molecule has 10 heteroatoms. The van der Waals surface area contributed by atoms with Crippen LogP contribution in [0.25, 0.3) is 0 Å². The molecule has 0 fully saturated rings. The number of hydrogen-bond donors (Lipinski definition) is 1. The molecule has 0 aromatic heterocycles. The molecule has 0 aliphatic heterocycles. The number of rotatable bonds is 14. The summed E-state index contributed by atoms with van der Waals surface area (Å²) in [6, 6.07) is 19.7. The van der Waals surface area contributed by atoms with E-state index in [1.54, 1.807) is 66.7 Å². The van der Waals surface area contributed by atoms with Gasteiger partial charge >= 0.3 is 0 Å². The van der Waals surface area contributed by atoms with E-state index in [9.17, 15) is 13.2 Å². The van der Waals surface area contributed by atoms with Crippen LogP contribution in [0.15, 0.2) is 95.4 Å². The first kappa shape index (κ1) is 28.3. The van der Waals surface area contributed by atoms with Gasteiger partial charge in [-0.2, -0.15) is 5.10 Å². The molecule has 38 heavy (non-hydrogen) atoms. The summed E-state index contributed by atoms with van der Waals surface area (Å²) in [6.07, 6.45) is 3.07. The molecule has 0 unspecified atom stereocenters. The maximum Gasteiger partial charge on any atom is 0.264 e. The first-order valence-corrected chi connectivity index (χ1v) is 13.5. The third kappa shape index (κ3) is 7.59. The summed E-state index contributed by atoms with van der Waals surface area (Å²) in [5.74, 6) is 1.03. The predicted molar refractivity (Wildman–Crippen MR) is 148 cm³/mol. The van der Waals surface area contributed by atoms with Crippen LogP contribution >= 0.6 is 0 Å². The molecule has 0 atom stereocenters. The van der Waals surface area contributed by atoms with Gasteiger partial charge in [-0.3, -0.25) is 9.10 Å². The topological polar surface area (TPSA) is 107 Å². The number of amides is 1. The minimum absolute atomic E-state index is 0.0309. The van der Waals surface area contributed by atoms with E-state index in [2.05, 4.69) is 17.1 Å². The average molecular weight is 538 g/mol. The van der Waals surface area contributed by atoms with Crippen molar-refractivity contribution in [3.05, 3.63) is 91.0 Å². The predicted octanol–water partition coefficient (Wildman–Crippen LogP) is 4.39. The van der Waals surface area contributed by atoms with E-state index in [0.29, 0.717) is 48.3 Å². The van der Waals surface area contributed by atoms with Crippen LogP contribution < -0.4 is 23.9 Å². The number of nitrogens with zero attached hydrogens (tertiary/aromatic N) is 2. The molecule has 1 amide bonds. The third-order valence-electron chi connectivity index (χ3n) is 5.08. The number of anilines is 1. The van der Waals surface area contributed by atoms with Gasteiger partial charge in [-0.15, -0.1) is 0 Å². The van der Waals surface area contributed by atoms with E-state index in [4.69, 9.17) is 14.2 Å². The molecule has 9 nitrogen and oxygen atoms in total. The van der Waals surface area contributed by atoms with Gasteiger partial charge in [0.05, 0.1) is 30.0 Å². The van der Waals surface area contributed by atoms with Crippen molar-refractivity contribution in [2.75, 3.05) is 30.7 Å². The van der Waals surface area contributed by atoms with Crippen LogP contribution in [-0.2, 0) is 14.8 Å². The highest BCUT2D eigenvalue weighted by Crippen LogP contribution is 2.28. The van der Waals surface area contributed by atoms with Gasteiger partial charge in [0.25, 0.3) is 15.9 Å². The van der Waals surface area contributed by atoms with E-state index in [1.165, 1.54) is 18.3 Å². The molecular formula is C28H31N3O6S. The third-order valence-corrected chi connectivity index (χ3v) is 6.87. The second-order valence-corrected chi connectivity index (χ2v) is 9.65. The van der Waals surface area contributed by atoms with Crippen molar-refractivity contribution in [2.45, 2.75) is 18.7 Å². The van der Waals surface area contributed by atoms with Gasteiger partial charge in [-0.1, -0.05) is 30.9 Å². The maximum absolute atomic E-state index is 13.5. The highest BCUT2D eigenvalue weighted by Gasteiger charge is 2.27. The van der Waals surface area contributed by atoms with Crippen LogP contribution in [0, 0.1) is 0 Å². The maximum atomic E-state index is 13.5. The normalized spacial score (nSPS) is 11.1. The number of carbonyl (C=O) groups excluding carboxylic acids is 1. The van der Waals surface area contributed by atoms with Crippen molar-refractivity contribution in [3.63, 3.8) is 0 Å². The van der Waals surface area contributed by atoms with Crippen LogP contribution in [-0.4, -0.2) is 46.9 Å². The molecule has 0 bridgehead atoms. The average Bonchev–Trinajstić information content (AvgIpc) is 2.92. The van der Waals surface area contributed by atoms with Crippen molar-refractivity contribution in [3.8, 4) is 17.2 Å². The Hall–Kier alpha value is -4.31. The summed E-state index contributed by atoms with van der Waals surface area (Å²) in [5, 5.41) is 3.99. The van der Waals surface area contributed by atoms with Gasteiger partial charge in [0.1, 0.15) is 18.9 Å². The first-order chi connectivity index (χ1) is 18.4. The van der Waals surface area contributed by atoms with Crippen molar-refractivity contribution in [2.24, 2.45) is 5.10 Å². The Kier molecular flexibility index (Phi) is 10.3. The van der Waals surface area contributed by atoms with Crippen molar-refractivity contribution in [1.29, 1.82) is 0 Å². The lowest BCUT2D eigenvalue weighted by molar-refractivity contribution is -0.119. The first-order valence-electron chi connectivity index (χ1n) is 12.0. The van der Waals surface area contributed by atoms with Crippen molar-refractivity contribution >= 4 is 27.8 Å². The summed E-state index contributed by atoms with van der Waals surface area (Å²) in [4.78, 5) is 12.8. The standard InChI is InChI=1S/C28H31N3O6S/c1-4-18-37-26-17-12-22(19-27(26)36-6-3)20-29-30-28(32)21-31(23-10-8-7-9-11-23)38(33,34)25-15-13-24(14-16-25)35-5-2/h4,7-17,19-20H,1,5-6,18,21H2,2-3H3,(H,30,32)/b29-20-. The lowest BCUT2D eigenvalue weighted by atomic mass is 10.2. The number of carbonyl (C=O) groups is 1. The molecule has 200 valence electrons. The van der Waals surface area contributed by atoms with E-state index < -0.39 is 22.5 Å². The minimum atomic E-state index is -4.05. The molecule has 0 saturated carbocycles. The smallest absolute Gasteiger partial charge is 0.264 e. The lowest BCUT2D eigenvalue weighted by Gasteiger charge is -2.23. The molecule has 0 aliphatic rings. The van der Waals surface area contributed by atoms with E-state index >= 15 is 0 Å². The van der Waals surface area contributed by atoms with Crippen LogP contribution in [0.5, 0.6) is 17.2 Å². The van der Waals surface area contributed by atoms with E-state index in [-0.39, 0.29) is 4.90 Å². The summed E-state index contributed by atoms with van der Waals surface area (Å²) in [6.45, 7) is 8.10. The van der Waals surface area contributed by atoms with Crippen LogP contribution in [0.1, 0.15) is 19.4 Å². The quantitative estimate of drug-likeness (QED) is 0.186.